The van der Waals surface area contributed by atoms with Crippen LogP contribution < -0.4 is 9.64 Å². The molecule has 1 N–H and O–H groups in total. The zero-order valence-corrected chi connectivity index (χ0v) is 19.6. The van der Waals surface area contributed by atoms with Crippen LogP contribution in [0.3, 0.4) is 0 Å². The minimum Gasteiger partial charge on any atom is -0.503 e. The van der Waals surface area contributed by atoms with E-state index in [0.29, 0.717) is 27.9 Å². The zero-order valence-electron chi connectivity index (χ0n) is 18.8. The Labute approximate surface area is 199 Å². The predicted octanol–water partition coefficient (Wildman–Crippen LogP) is 5.80. The average Bonchev–Trinajstić information content (AvgIpc) is 3.57. The first kappa shape index (κ1) is 21.9. The van der Waals surface area contributed by atoms with E-state index in [2.05, 4.69) is 18.8 Å². The number of hydrogen-bond acceptors (Lipinski definition) is 7. The molecule has 34 heavy (non-hydrogen) atoms. The van der Waals surface area contributed by atoms with Crippen molar-refractivity contribution in [1.29, 1.82) is 0 Å². The van der Waals surface area contributed by atoms with E-state index in [9.17, 15) is 14.7 Å². The number of amides is 1. The summed E-state index contributed by atoms with van der Waals surface area (Å²) < 4.78 is 11.4. The second-order valence-electron chi connectivity index (χ2n) is 8.30. The number of carbonyl (C=O) groups excluding carboxylic acids is 2. The number of nitrogens with zero attached hydrogens (tertiary/aromatic N) is 2. The molecule has 0 spiro atoms. The maximum atomic E-state index is 13.3. The van der Waals surface area contributed by atoms with E-state index < -0.39 is 23.5 Å². The highest BCUT2D eigenvalue weighted by atomic mass is 32.1. The Morgan fingerprint density at radius 2 is 1.94 bits per heavy atom. The van der Waals surface area contributed by atoms with Crippen molar-refractivity contribution in [2.45, 2.75) is 25.8 Å². The Morgan fingerprint density at radius 3 is 2.59 bits per heavy atom. The first-order valence-electron chi connectivity index (χ1n) is 10.8. The van der Waals surface area contributed by atoms with Crippen LogP contribution in [0.2, 0.25) is 0 Å². The van der Waals surface area contributed by atoms with Gasteiger partial charge in [0.1, 0.15) is 5.75 Å². The third-order valence-electron chi connectivity index (χ3n) is 5.91. The molecule has 0 aliphatic carbocycles. The molecule has 0 saturated heterocycles. The van der Waals surface area contributed by atoms with Crippen molar-refractivity contribution >= 4 is 38.4 Å². The molecule has 0 radical (unpaired) electrons. The Balaban J connectivity index is 1.66. The van der Waals surface area contributed by atoms with Crippen LogP contribution in [0.15, 0.2) is 76.6 Å². The second kappa shape index (κ2) is 8.46. The molecule has 1 amide bonds. The molecule has 172 valence electrons. The van der Waals surface area contributed by atoms with Crippen LogP contribution in [-0.2, 0) is 4.79 Å². The highest BCUT2D eigenvalue weighted by molar-refractivity contribution is 7.22. The van der Waals surface area contributed by atoms with Crippen molar-refractivity contribution in [3.05, 3.63) is 89.1 Å². The summed E-state index contributed by atoms with van der Waals surface area (Å²) >= 11 is 1.29. The normalized spacial score (nSPS) is 16.2. The highest BCUT2D eigenvalue weighted by Crippen LogP contribution is 2.44. The first-order chi connectivity index (χ1) is 16.4. The van der Waals surface area contributed by atoms with Gasteiger partial charge < -0.3 is 14.3 Å². The molecule has 0 saturated carbocycles. The van der Waals surface area contributed by atoms with E-state index in [4.69, 9.17) is 9.15 Å². The number of furan rings is 1. The van der Waals surface area contributed by atoms with Gasteiger partial charge >= 0.3 is 0 Å². The highest BCUT2D eigenvalue weighted by Gasteiger charge is 2.46. The van der Waals surface area contributed by atoms with Gasteiger partial charge in [0.15, 0.2) is 16.7 Å². The standard InChI is InChI=1S/C26H22N2O5S/c1-14(2)15-6-8-16(9-7-15)22-21(23(29)19-5-4-12-33-19)24(30)25(31)28(22)26-27-18-11-10-17(32-3)13-20(18)34-26/h4-14,22,30H,1-3H3/t22-/m0/s1. The number of ether oxygens (including phenoxy) is 1. The number of methoxy groups -OCH3 is 1. The van der Waals surface area contributed by atoms with Crippen LogP contribution in [0, 0.1) is 0 Å². The number of thiazole rings is 1. The first-order valence-corrected chi connectivity index (χ1v) is 11.6. The summed E-state index contributed by atoms with van der Waals surface area (Å²) in [7, 11) is 1.58. The van der Waals surface area contributed by atoms with Gasteiger partial charge in [0.25, 0.3) is 5.91 Å². The third kappa shape index (κ3) is 3.56. The molecule has 3 heterocycles. The molecular formula is C26H22N2O5S. The number of aliphatic hydroxyl groups excluding tert-OH is 1. The van der Waals surface area contributed by atoms with E-state index in [-0.39, 0.29) is 11.3 Å². The second-order valence-corrected chi connectivity index (χ2v) is 9.31. The van der Waals surface area contributed by atoms with Crippen LogP contribution in [0.1, 0.15) is 47.5 Å². The van der Waals surface area contributed by atoms with Crippen LogP contribution in [0.4, 0.5) is 5.13 Å². The molecule has 1 atom stereocenters. The maximum absolute atomic E-state index is 13.3. The number of aliphatic hydroxyl groups is 1. The van der Waals surface area contributed by atoms with Crippen LogP contribution in [0.5, 0.6) is 5.75 Å². The van der Waals surface area contributed by atoms with Gasteiger partial charge in [-0.3, -0.25) is 14.5 Å². The molecule has 7 nitrogen and oxygen atoms in total. The zero-order chi connectivity index (χ0) is 24.0. The molecule has 0 fully saturated rings. The topological polar surface area (TPSA) is 92.9 Å². The number of ketones is 1. The Hall–Kier alpha value is -3.91. The summed E-state index contributed by atoms with van der Waals surface area (Å²) in [5.74, 6) is -0.781. The van der Waals surface area contributed by atoms with Crippen molar-refractivity contribution in [3.63, 3.8) is 0 Å². The van der Waals surface area contributed by atoms with Gasteiger partial charge in [-0.2, -0.15) is 0 Å². The van der Waals surface area contributed by atoms with Crippen molar-refractivity contribution in [2.24, 2.45) is 0 Å². The Bertz CT molecular complexity index is 1420. The number of Topliss-reactive ketones (excluding diaryl/α,β-unsaturated/α-hetero) is 1. The Kier molecular flexibility index (Phi) is 5.45. The molecule has 4 aromatic rings. The number of fused-ring (bicyclic) bond motifs is 1. The number of carbonyl (C=O) groups is 2. The SMILES string of the molecule is COc1ccc2nc(N3C(=O)C(O)=C(C(=O)c4ccco4)[C@@H]3c3ccc(C(C)C)cc3)sc2c1. The monoisotopic (exact) mass is 474 g/mol. The summed E-state index contributed by atoms with van der Waals surface area (Å²) in [6.45, 7) is 4.18. The summed E-state index contributed by atoms with van der Waals surface area (Å²) in [6.07, 6.45) is 1.38. The maximum Gasteiger partial charge on any atom is 0.296 e. The van der Waals surface area contributed by atoms with Gasteiger partial charge in [-0.25, -0.2) is 4.98 Å². The third-order valence-corrected chi connectivity index (χ3v) is 6.92. The molecular weight excluding hydrogens is 452 g/mol. The van der Waals surface area contributed by atoms with Gasteiger partial charge in [-0.15, -0.1) is 0 Å². The lowest BCUT2D eigenvalue weighted by Gasteiger charge is -2.24. The summed E-state index contributed by atoms with van der Waals surface area (Å²) in [4.78, 5) is 32.7. The van der Waals surface area contributed by atoms with Crippen molar-refractivity contribution in [3.8, 4) is 5.75 Å². The van der Waals surface area contributed by atoms with Crippen LogP contribution >= 0.6 is 11.3 Å². The summed E-state index contributed by atoms with van der Waals surface area (Å²) in [5.41, 5.74) is 2.47. The number of rotatable bonds is 6. The molecule has 2 aromatic carbocycles. The van der Waals surface area contributed by atoms with E-state index in [1.807, 2.05) is 36.4 Å². The van der Waals surface area contributed by atoms with Crippen molar-refractivity contribution in [2.75, 3.05) is 12.0 Å². The molecule has 0 unspecified atom stereocenters. The molecule has 1 aliphatic heterocycles. The molecule has 0 bridgehead atoms. The quantitative estimate of drug-likeness (QED) is 0.355. The summed E-state index contributed by atoms with van der Waals surface area (Å²) in [6, 6.07) is 15.4. The van der Waals surface area contributed by atoms with Crippen LogP contribution in [-0.4, -0.2) is 28.9 Å². The minimum atomic E-state index is -0.853. The smallest absolute Gasteiger partial charge is 0.296 e. The number of benzene rings is 2. The number of anilines is 1. The molecule has 1 aliphatic rings. The van der Waals surface area contributed by atoms with Gasteiger partial charge in [0, 0.05) is 0 Å². The molecule has 5 rings (SSSR count). The van der Waals surface area contributed by atoms with Gasteiger partial charge in [0.2, 0.25) is 5.78 Å². The fraction of sp³-hybridized carbons (Fsp3) is 0.192. The van der Waals surface area contributed by atoms with E-state index in [0.717, 1.165) is 10.3 Å². The van der Waals surface area contributed by atoms with Crippen molar-refractivity contribution < 1.29 is 23.8 Å². The number of hydrogen-bond donors (Lipinski definition) is 1. The van der Waals surface area contributed by atoms with Crippen LogP contribution in [0.25, 0.3) is 10.2 Å². The minimum absolute atomic E-state index is 0.0333. The van der Waals surface area contributed by atoms with E-state index in [1.165, 1.54) is 28.6 Å². The predicted molar refractivity (Wildman–Crippen MR) is 130 cm³/mol. The lowest BCUT2D eigenvalue weighted by molar-refractivity contribution is -0.117. The summed E-state index contributed by atoms with van der Waals surface area (Å²) in [5, 5.41) is 11.2. The van der Waals surface area contributed by atoms with E-state index >= 15 is 0 Å². The lowest BCUT2D eigenvalue weighted by atomic mass is 9.93. The fourth-order valence-corrected chi connectivity index (χ4v) is 5.10. The lowest BCUT2D eigenvalue weighted by Crippen LogP contribution is -2.31. The Morgan fingerprint density at radius 1 is 1.18 bits per heavy atom. The average molecular weight is 475 g/mol. The van der Waals surface area contributed by atoms with E-state index in [1.54, 1.807) is 19.2 Å². The van der Waals surface area contributed by atoms with Gasteiger partial charge in [0.05, 0.1) is 35.2 Å². The van der Waals surface area contributed by atoms with Crippen molar-refractivity contribution in [1.82, 2.24) is 4.98 Å². The number of aromatic nitrogens is 1. The fourth-order valence-electron chi connectivity index (χ4n) is 4.08. The molecule has 8 heteroatoms. The van der Waals surface area contributed by atoms with Gasteiger partial charge in [-0.05, 0) is 47.4 Å². The van der Waals surface area contributed by atoms with Gasteiger partial charge in [-0.1, -0.05) is 49.4 Å². The largest absolute Gasteiger partial charge is 0.503 e. The molecule has 2 aromatic heterocycles.